The molecule has 2 amide bonds. The van der Waals surface area contributed by atoms with E-state index in [1.165, 1.54) is 0 Å². The van der Waals surface area contributed by atoms with Gasteiger partial charge in [0.2, 0.25) is 0 Å². The number of ether oxygens (including phenoxy) is 1. The molecule has 0 unspecified atom stereocenters. The van der Waals surface area contributed by atoms with Gasteiger partial charge in [-0.05, 0) is 42.5 Å². The summed E-state index contributed by atoms with van der Waals surface area (Å²) in [6.45, 7) is 0.138. The molecule has 0 radical (unpaired) electrons. The molecule has 0 fully saturated rings. The van der Waals surface area contributed by atoms with Gasteiger partial charge in [-0.15, -0.1) is 0 Å². The zero-order valence-electron chi connectivity index (χ0n) is 16.3. The maximum Gasteiger partial charge on any atom is 0.411 e. The van der Waals surface area contributed by atoms with Gasteiger partial charge in [0.15, 0.2) is 0 Å². The molecule has 0 atom stereocenters. The number of aromatic nitrogens is 1. The Hall–Kier alpha value is -3.87. The van der Waals surface area contributed by atoms with Gasteiger partial charge in [0, 0.05) is 49.1 Å². The number of carbonyl (C=O) groups is 2. The van der Waals surface area contributed by atoms with E-state index < -0.39 is 6.09 Å². The van der Waals surface area contributed by atoms with Crippen LogP contribution in [0.1, 0.15) is 15.9 Å². The minimum atomic E-state index is -0.564. The predicted octanol–water partition coefficient (Wildman–Crippen LogP) is 4.15. The normalized spacial score (nSPS) is 10.1. The average molecular weight is 390 g/mol. The molecule has 0 spiro atoms. The van der Waals surface area contributed by atoms with E-state index in [1.54, 1.807) is 48.8 Å². The van der Waals surface area contributed by atoms with Gasteiger partial charge >= 0.3 is 6.09 Å². The molecule has 0 saturated carbocycles. The number of anilines is 3. The van der Waals surface area contributed by atoms with Crippen molar-refractivity contribution in [1.29, 1.82) is 0 Å². The molecule has 7 nitrogen and oxygen atoms in total. The standard InChI is InChI=1S/C22H22N4O3/c1-26(2)20-8-4-3-7-19(20)21(27)24-17-9-11-18(12-10-17)25-22(28)29-15-16-6-5-13-23-14-16/h3-14H,15H2,1-2H3,(H,24,27)(H,25,28). The summed E-state index contributed by atoms with van der Waals surface area (Å²) in [5.74, 6) is -0.203. The zero-order chi connectivity index (χ0) is 20.6. The summed E-state index contributed by atoms with van der Waals surface area (Å²) in [6, 6.07) is 17.8. The second-order valence-corrected chi connectivity index (χ2v) is 6.51. The summed E-state index contributed by atoms with van der Waals surface area (Å²) in [4.78, 5) is 30.4. The maximum atomic E-state index is 12.6. The fourth-order valence-electron chi connectivity index (χ4n) is 2.68. The van der Waals surface area contributed by atoms with Crippen molar-refractivity contribution in [3.63, 3.8) is 0 Å². The number of amides is 2. The molecule has 29 heavy (non-hydrogen) atoms. The number of nitrogens with zero attached hydrogens (tertiary/aromatic N) is 2. The maximum absolute atomic E-state index is 12.6. The first kappa shape index (κ1) is 19.9. The van der Waals surface area contributed by atoms with E-state index in [1.807, 2.05) is 43.3 Å². The molecule has 3 rings (SSSR count). The molecule has 1 aromatic heterocycles. The number of benzene rings is 2. The first-order valence-corrected chi connectivity index (χ1v) is 9.03. The lowest BCUT2D eigenvalue weighted by Gasteiger charge is -2.17. The molecule has 0 aliphatic carbocycles. The SMILES string of the molecule is CN(C)c1ccccc1C(=O)Nc1ccc(NC(=O)OCc2cccnc2)cc1. The van der Waals surface area contributed by atoms with Gasteiger partial charge in [-0.25, -0.2) is 4.79 Å². The highest BCUT2D eigenvalue weighted by molar-refractivity contribution is 6.08. The third-order valence-corrected chi connectivity index (χ3v) is 4.11. The molecule has 0 bridgehead atoms. The Morgan fingerprint density at radius 2 is 1.62 bits per heavy atom. The van der Waals surface area contributed by atoms with Crippen LogP contribution >= 0.6 is 0 Å². The van der Waals surface area contributed by atoms with Crippen molar-refractivity contribution in [3.05, 3.63) is 84.2 Å². The van der Waals surface area contributed by atoms with E-state index >= 15 is 0 Å². The number of rotatable bonds is 6. The summed E-state index contributed by atoms with van der Waals surface area (Å²) in [5.41, 5.74) is 3.41. The summed E-state index contributed by atoms with van der Waals surface area (Å²) in [5, 5.41) is 5.51. The third kappa shape index (κ3) is 5.55. The average Bonchev–Trinajstić information content (AvgIpc) is 2.74. The topological polar surface area (TPSA) is 83.6 Å². The van der Waals surface area contributed by atoms with Crippen LogP contribution in [0.2, 0.25) is 0 Å². The molecule has 2 aromatic carbocycles. The number of para-hydroxylation sites is 1. The van der Waals surface area contributed by atoms with Gasteiger partial charge in [0.05, 0.1) is 5.56 Å². The van der Waals surface area contributed by atoms with E-state index in [-0.39, 0.29) is 12.5 Å². The van der Waals surface area contributed by atoms with Crippen molar-refractivity contribution in [2.75, 3.05) is 29.6 Å². The van der Waals surface area contributed by atoms with Crippen LogP contribution < -0.4 is 15.5 Å². The second kappa shape index (κ2) is 9.36. The monoisotopic (exact) mass is 390 g/mol. The first-order valence-electron chi connectivity index (χ1n) is 9.03. The van der Waals surface area contributed by atoms with Crippen molar-refractivity contribution >= 4 is 29.1 Å². The fraction of sp³-hybridized carbons (Fsp3) is 0.136. The second-order valence-electron chi connectivity index (χ2n) is 6.51. The number of hydrogen-bond acceptors (Lipinski definition) is 5. The highest BCUT2D eigenvalue weighted by atomic mass is 16.5. The van der Waals surface area contributed by atoms with Crippen molar-refractivity contribution < 1.29 is 14.3 Å². The summed E-state index contributed by atoms with van der Waals surface area (Å²) >= 11 is 0. The molecular weight excluding hydrogens is 368 g/mol. The number of hydrogen-bond donors (Lipinski definition) is 2. The number of carbonyl (C=O) groups excluding carboxylic acids is 2. The Morgan fingerprint density at radius 3 is 2.28 bits per heavy atom. The molecule has 148 valence electrons. The lowest BCUT2D eigenvalue weighted by molar-refractivity contribution is 0.102. The Balaban J connectivity index is 1.56. The summed E-state index contributed by atoms with van der Waals surface area (Å²) in [6.07, 6.45) is 2.73. The van der Waals surface area contributed by atoms with Crippen LogP contribution in [0, 0.1) is 0 Å². The van der Waals surface area contributed by atoms with E-state index in [0.29, 0.717) is 16.9 Å². The van der Waals surface area contributed by atoms with Crippen LogP contribution in [0.5, 0.6) is 0 Å². The van der Waals surface area contributed by atoms with Crippen molar-refractivity contribution in [1.82, 2.24) is 4.98 Å². The third-order valence-electron chi connectivity index (χ3n) is 4.11. The van der Waals surface area contributed by atoms with E-state index in [9.17, 15) is 9.59 Å². The van der Waals surface area contributed by atoms with Crippen molar-refractivity contribution in [3.8, 4) is 0 Å². The van der Waals surface area contributed by atoms with Gasteiger partial charge in [-0.1, -0.05) is 18.2 Å². The quantitative estimate of drug-likeness (QED) is 0.661. The molecule has 2 N–H and O–H groups in total. The molecule has 0 saturated heterocycles. The molecule has 1 heterocycles. The van der Waals surface area contributed by atoms with Gasteiger partial charge in [0.25, 0.3) is 5.91 Å². The Labute approximate surface area is 169 Å². The van der Waals surface area contributed by atoms with Gasteiger partial charge in [0.1, 0.15) is 6.61 Å². The Kier molecular flexibility index (Phi) is 6.42. The van der Waals surface area contributed by atoms with Crippen LogP contribution in [0.15, 0.2) is 73.1 Å². The predicted molar refractivity (Wildman–Crippen MR) is 113 cm³/mol. The number of nitrogens with one attached hydrogen (secondary N) is 2. The number of pyridine rings is 1. The fourth-order valence-corrected chi connectivity index (χ4v) is 2.68. The van der Waals surface area contributed by atoms with E-state index in [2.05, 4.69) is 15.6 Å². The summed E-state index contributed by atoms with van der Waals surface area (Å²) < 4.78 is 5.16. The van der Waals surface area contributed by atoms with Crippen molar-refractivity contribution in [2.24, 2.45) is 0 Å². The molecule has 0 aliphatic heterocycles. The minimum absolute atomic E-state index is 0.138. The Morgan fingerprint density at radius 1 is 0.931 bits per heavy atom. The van der Waals surface area contributed by atoms with Crippen LogP contribution in [-0.2, 0) is 11.3 Å². The van der Waals surface area contributed by atoms with E-state index in [4.69, 9.17) is 4.74 Å². The summed E-state index contributed by atoms with van der Waals surface area (Å²) in [7, 11) is 3.78. The highest BCUT2D eigenvalue weighted by Crippen LogP contribution is 2.20. The molecule has 0 aliphatic rings. The van der Waals surface area contributed by atoms with Crippen LogP contribution in [0.3, 0.4) is 0 Å². The van der Waals surface area contributed by atoms with Crippen molar-refractivity contribution in [2.45, 2.75) is 6.61 Å². The molecular formula is C22H22N4O3. The lowest BCUT2D eigenvalue weighted by Crippen LogP contribution is -2.18. The van der Waals surface area contributed by atoms with Gasteiger partial charge in [-0.2, -0.15) is 0 Å². The largest absolute Gasteiger partial charge is 0.444 e. The Bertz CT molecular complexity index is 973. The minimum Gasteiger partial charge on any atom is -0.444 e. The zero-order valence-corrected chi connectivity index (χ0v) is 16.3. The van der Waals surface area contributed by atoms with Gasteiger partial charge < -0.3 is 15.0 Å². The highest BCUT2D eigenvalue weighted by Gasteiger charge is 2.12. The first-order chi connectivity index (χ1) is 14.0. The molecule has 3 aromatic rings. The van der Waals surface area contributed by atoms with Crippen LogP contribution in [-0.4, -0.2) is 31.1 Å². The smallest absolute Gasteiger partial charge is 0.411 e. The van der Waals surface area contributed by atoms with E-state index in [0.717, 1.165) is 11.3 Å². The molecule has 7 heteroatoms. The van der Waals surface area contributed by atoms with Crippen LogP contribution in [0.4, 0.5) is 21.9 Å². The lowest BCUT2D eigenvalue weighted by atomic mass is 10.1. The van der Waals surface area contributed by atoms with Gasteiger partial charge in [-0.3, -0.25) is 15.1 Å². The van der Waals surface area contributed by atoms with Crippen LogP contribution in [0.25, 0.3) is 0 Å².